The van der Waals surface area contributed by atoms with Crippen LogP contribution in [-0.2, 0) is 20.4 Å². The summed E-state index contributed by atoms with van der Waals surface area (Å²) in [7, 11) is -3.14. The molecule has 1 aromatic rings. The van der Waals surface area contributed by atoms with Crippen molar-refractivity contribution in [2.75, 3.05) is 11.9 Å². The Morgan fingerprint density at radius 2 is 2.05 bits per heavy atom. The van der Waals surface area contributed by atoms with E-state index in [0.717, 1.165) is 0 Å². The number of sulfone groups is 1. The Labute approximate surface area is 120 Å². The molecule has 0 bridgehead atoms. The molecule has 20 heavy (non-hydrogen) atoms. The van der Waals surface area contributed by atoms with Crippen LogP contribution in [0.5, 0.6) is 0 Å². The Kier molecular flexibility index (Phi) is 6.16. The average Bonchev–Trinajstić information content (AvgIpc) is 2.36. The fourth-order valence-electron chi connectivity index (χ4n) is 1.62. The van der Waals surface area contributed by atoms with Gasteiger partial charge in [0.15, 0.2) is 9.84 Å². The van der Waals surface area contributed by atoms with Crippen LogP contribution in [0.3, 0.4) is 0 Å². The molecule has 1 aromatic carbocycles. The van der Waals surface area contributed by atoms with Crippen LogP contribution >= 0.6 is 0 Å². The lowest BCUT2D eigenvalue weighted by molar-refractivity contribution is -0.116. The van der Waals surface area contributed by atoms with E-state index in [1.807, 2.05) is 0 Å². The minimum atomic E-state index is -3.14. The number of benzene rings is 1. The van der Waals surface area contributed by atoms with Gasteiger partial charge in [-0.25, -0.2) is 8.42 Å². The molecule has 0 fully saturated rings. The van der Waals surface area contributed by atoms with Crippen LogP contribution in [0.25, 0.3) is 0 Å². The standard InChI is InChI=1S/C14H22N2O3S/c1-11(2)20(18,19)10-12-5-3-6-13(9-12)16-14(17)7-4-8-15/h3,5-6,9,11H,4,7-8,10,15H2,1-2H3,(H,16,17). The van der Waals surface area contributed by atoms with E-state index in [2.05, 4.69) is 5.32 Å². The molecule has 112 valence electrons. The van der Waals surface area contributed by atoms with Crippen molar-refractivity contribution in [1.29, 1.82) is 0 Å². The van der Waals surface area contributed by atoms with E-state index in [4.69, 9.17) is 5.73 Å². The van der Waals surface area contributed by atoms with E-state index >= 15 is 0 Å². The van der Waals surface area contributed by atoms with Gasteiger partial charge in [-0.15, -0.1) is 0 Å². The molecule has 1 rings (SSSR count). The highest BCUT2D eigenvalue weighted by molar-refractivity contribution is 7.91. The summed E-state index contributed by atoms with van der Waals surface area (Å²) in [4.78, 5) is 11.6. The molecule has 0 radical (unpaired) electrons. The van der Waals surface area contributed by atoms with Crippen LogP contribution < -0.4 is 11.1 Å². The normalized spacial score (nSPS) is 11.6. The monoisotopic (exact) mass is 298 g/mol. The lowest BCUT2D eigenvalue weighted by atomic mass is 10.2. The quantitative estimate of drug-likeness (QED) is 0.801. The first-order valence-corrected chi connectivity index (χ1v) is 8.37. The molecule has 0 saturated heterocycles. The highest BCUT2D eigenvalue weighted by Crippen LogP contribution is 2.16. The third-order valence-corrected chi connectivity index (χ3v) is 5.08. The van der Waals surface area contributed by atoms with Gasteiger partial charge in [-0.05, 0) is 44.5 Å². The maximum Gasteiger partial charge on any atom is 0.224 e. The van der Waals surface area contributed by atoms with E-state index in [0.29, 0.717) is 30.6 Å². The number of amides is 1. The Hall–Kier alpha value is -1.40. The third kappa shape index (κ3) is 5.30. The van der Waals surface area contributed by atoms with Crippen molar-refractivity contribution in [1.82, 2.24) is 0 Å². The zero-order valence-corrected chi connectivity index (χ0v) is 12.7. The van der Waals surface area contributed by atoms with Crippen molar-refractivity contribution in [3.63, 3.8) is 0 Å². The van der Waals surface area contributed by atoms with Gasteiger partial charge in [-0.3, -0.25) is 4.79 Å². The van der Waals surface area contributed by atoms with Gasteiger partial charge in [0.1, 0.15) is 0 Å². The van der Waals surface area contributed by atoms with E-state index in [-0.39, 0.29) is 11.7 Å². The van der Waals surface area contributed by atoms with Crippen LogP contribution in [0.1, 0.15) is 32.3 Å². The maximum absolute atomic E-state index is 11.9. The van der Waals surface area contributed by atoms with Gasteiger partial charge in [0.25, 0.3) is 0 Å². The van der Waals surface area contributed by atoms with Crippen molar-refractivity contribution in [2.45, 2.75) is 37.7 Å². The Morgan fingerprint density at radius 1 is 1.35 bits per heavy atom. The topological polar surface area (TPSA) is 89.3 Å². The van der Waals surface area contributed by atoms with E-state index in [1.165, 1.54) is 0 Å². The molecule has 3 N–H and O–H groups in total. The highest BCUT2D eigenvalue weighted by Gasteiger charge is 2.16. The number of nitrogens with two attached hydrogens (primary N) is 1. The second-order valence-corrected chi connectivity index (χ2v) is 7.55. The summed E-state index contributed by atoms with van der Waals surface area (Å²) in [5.74, 6) is -0.128. The van der Waals surface area contributed by atoms with Crippen LogP contribution in [-0.4, -0.2) is 26.1 Å². The lowest BCUT2D eigenvalue weighted by Crippen LogP contribution is -2.16. The number of carbonyl (C=O) groups excluding carboxylic acids is 1. The predicted molar refractivity (Wildman–Crippen MR) is 81.1 cm³/mol. The zero-order chi connectivity index (χ0) is 15.2. The van der Waals surface area contributed by atoms with Gasteiger partial charge in [-0.1, -0.05) is 12.1 Å². The second-order valence-electron chi connectivity index (χ2n) is 5.00. The van der Waals surface area contributed by atoms with Gasteiger partial charge < -0.3 is 11.1 Å². The molecule has 5 nitrogen and oxygen atoms in total. The molecule has 0 aromatic heterocycles. The van der Waals surface area contributed by atoms with Gasteiger partial charge in [0.2, 0.25) is 5.91 Å². The number of carbonyl (C=O) groups is 1. The maximum atomic E-state index is 11.9. The van der Waals surface area contributed by atoms with Gasteiger partial charge in [0.05, 0.1) is 11.0 Å². The van der Waals surface area contributed by atoms with Crippen molar-refractivity contribution in [3.05, 3.63) is 29.8 Å². The van der Waals surface area contributed by atoms with Crippen LogP contribution in [0.15, 0.2) is 24.3 Å². The van der Waals surface area contributed by atoms with E-state index < -0.39 is 15.1 Å². The zero-order valence-electron chi connectivity index (χ0n) is 11.9. The largest absolute Gasteiger partial charge is 0.330 e. The molecular formula is C14H22N2O3S. The Balaban J connectivity index is 2.74. The third-order valence-electron chi connectivity index (χ3n) is 2.90. The van der Waals surface area contributed by atoms with Crippen LogP contribution in [0.2, 0.25) is 0 Å². The molecule has 0 heterocycles. The van der Waals surface area contributed by atoms with E-state index in [1.54, 1.807) is 38.1 Å². The Morgan fingerprint density at radius 3 is 2.65 bits per heavy atom. The summed E-state index contributed by atoms with van der Waals surface area (Å²) >= 11 is 0. The number of anilines is 1. The summed E-state index contributed by atoms with van der Waals surface area (Å²) < 4.78 is 23.7. The Bertz CT molecular complexity index is 553. The molecule has 0 atom stereocenters. The summed E-state index contributed by atoms with van der Waals surface area (Å²) in [6, 6.07) is 6.92. The van der Waals surface area contributed by atoms with Gasteiger partial charge in [0, 0.05) is 12.1 Å². The lowest BCUT2D eigenvalue weighted by Gasteiger charge is -2.10. The smallest absolute Gasteiger partial charge is 0.224 e. The molecule has 1 amide bonds. The second kappa shape index (κ2) is 7.40. The van der Waals surface area contributed by atoms with Gasteiger partial charge >= 0.3 is 0 Å². The predicted octanol–water partition coefficient (Wildman–Crippen LogP) is 1.69. The number of nitrogens with one attached hydrogen (secondary N) is 1. The molecule has 0 aliphatic heterocycles. The molecule has 0 spiro atoms. The van der Waals surface area contributed by atoms with Crippen molar-refractivity contribution < 1.29 is 13.2 Å². The van der Waals surface area contributed by atoms with Gasteiger partial charge in [-0.2, -0.15) is 0 Å². The van der Waals surface area contributed by atoms with Crippen LogP contribution in [0, 0.1) is 0 Å². The summed E-state index contributed by atoms with van der Waals surface area (Å²) in [5, 5.41) is 2.33. The first-order chi connectivity index (χ1) is 9.35. The van der Waals surface area contributed by atoms with Crippen LogP contribution in [0.4, 0.5) is 5.69 Å². The SMILES string of the molecule is CC(C)S(=O)(=O)Cc1cccc(NC(=O)CCCN)c1. The highest BCUT2D eigenvalue weighted by atomic mass is 32.2. The molecular weight excluding hydrogens is 276 g/mol. The van der Waals surface area contributed by atoms with Crippen molar-refractivity contribution in [3.8, 4) is 0 Å². The molecule has 0 aliphatic carbocycles. The van der Waals surface area contributed by atoms with Crippen molar-refractivity contribution in [2.24, 2.45) is 5.73 Å². The number of hydrogen-bond acceptors (Lipinski definition) is 4. The van der Waals surface area contributed by atoms with Crippen molar-refractivity contribution >= 4 is 21.4 Å². The summed E-state index contributed by atoms with van der Waals surface area (Å²) in [5.41, 5.74) is 6.64. The molecule has 0 unspecified atom stereocenters. The number of hydrogen-bond donors (Lipinski definition) is 2. The first kappa shape index (κ1) is 16.7. The fourth-order valence-corrected chi connectivity index (χ4v) is 2.60. The average molecular weight is 298 g/mol. The van der Waals surface area contributed by atoms with E-state index in [9.17, 15) is 13.2 Å². The minimum Gasteiger partial charge on any atom is -0.330 e. The summed E-state index contributed by atoms with van der Waals surface area (Å²) in [6.45, 7) is 3.79. The number of rotatable bonds is 7. The first-order valence-electron chi connectivity index (χ1n) is 6.65. The molecule has 0 aliphatic rings. The fraction of sp³-hybridized carbons (Fsp3) is 0.500. The summed E-state index contributed by atoms with van der Waals surface area (Å²) in [6.07, 6.45) is 0.998. The minimum absolute atomic E-state index is 0.0167. The molecule has 0 saturated carbocycles. The molecule has 6 heteroatoms.